The highest BCUT2D eigenvalue weighted by Crippen LogP contribution is 2.41. The minimum Gasteiger partial charge on any atom is -0.295 e. The summed E-state index contributed by atoms with van der Waals surface area (Å²) in [7, 11) is 0. The quantitative estimate of drug-likeness (QED) is 0.339. The van der Waals surface area contributed by atoms with Gasteiger partial charge in [0.05, 0.1) is 34.0 Å². The summed E-state index contributed by atoms with van der Waals surface area (Å²) in [5, 5.41) is 3.13. The van der Waals surface area contributed by atoms with E-state index in [4.69, 9.17) is 35.8 Å². The maximum absolute atomic E-state index is 15.5. The van der Waals surface area contributed by atoms with Gasteiger partial charge in [-0.25, -0.2) is 8.78 Å². The molecule has 4 heterocycles. The molecule has 3 unspecified atom stereocenters. The van der Waals surface area contributed by atoms with Crippen molar-refractivity contribution in [3.63, 3.8) is 0 Å². The fourth-order valence-corrected chi connectivity index (χ4v) is 7.58. The van der Waals surface area contributed by atoms with E-state index >= 15 is 8.78 Å². The Hall–Kier alpha value is -2.01. The zero-order valence-corrected chi connectivity index (χ0v) is 24.9. The molecule has 2 aromatic rings. The molecule has 2 saturated heterocycles. The third-order valence-electron chi connectivity index (χ3n) is 8.79. The molecular weight excluding hydrogens is 589 g/mol. The highest BCUT2D eigenvalue weighted by Gasteiger charge is 2.47. The number of hydrogen-bond acceptors (Lipinski definition) is 6. The summed E-state index contributed by atoms with van der Waals surface area (Å²) in [6.45, 7) is 2.27. The van der Waals surface area contributed by atoms with Gasteiger partial charge < -0.3 is 0 Å². The van der Waals surface area contributed by atoms with Crippen molar-refractivity contribution in [3.8, 4) is 0 Å². The molecule has 4 aliphatic heterocycles. The Balaban J connectivity index is 1.08. The Morgan fingerprint density at radius 2 is 1.90 bits per heavy atom. The van der Waals surface area contributed by atoms with Crippen molar-refractivity contribution in [1.82, 2.24) is 20.0 Å². The lowest BCUT2D eigenvalue weighted by Crippen LogP contribution is -2.58. The van der Waals surface area contributed by atoms with E-state index in [9.17, 15) is 9.59 Å². The van der Waals surface area contributed by atoms with Gasteiger partial charge in [0.1, 0.15) is 0 Å². The lowest BCUT2D eigenvalue weighted by molar-refractivity contribution is -0.137. The molecule has 0 aliphatic carbocycles. The van der Waals surface area contributed by atoms with Crippen LogP contribution in [0.25, 0.3) is 5.57 Å². The van der Waals surface area contributed by atoms with E-state index in [0.29, 0.717) is 68.5 Å². The molecule has 0 radical (unpaired) electrons. The molecule has 218 valence electrons. The van der Waals surface area contributed by atoms with Crippen LogP contribution in [-0.4, -0.2) is 70.7 Å². The Kier molecular flexibility index (Phi) is 8.22. The molecule has 0 bridgehead atoms. The van der Waals surface area contributed by atoms with E-state index in [1.54, 1.807) is 6.07 Å². The molecule has 0 saturated carbocycles. The summed E-state index contributed by atoms with van der Waals surface area (Å²) >= 11 is 17.4. The fraction of sp³-hybridized carbons (Fsp3) is 0.467. The predicted molar refractivity (Wildman–Crippen MR) is 159 cm³/mol. The largest absolute Gasteiger partial charge is 0.295 e. The second-order valence-corrected chi connectivity index (χ2v) is 12.7. The number of benzene rings is 2. The fourth-order valence-electron chi connectivity index (χ4n) is 6.67. The maximum Gasteiger partial charge on any atom is 0.275 e. The van der Waals surface area contributed by atoms with E-state index in [1.165, 1.54) is 0 Å². The second kappa shape index (κ2) is 11.6. The molecule has 4 aliphatic rings. The number of halogens is 4. The van der Waals surface area contributed by atoms with Crippen molar-refractivity contribution >= 4 is 53.2 Å². The first-order valence-corrected chi connectivity index (χ1v) is 15.2. The van der Waals surface area contributed by atoms with Crippen LogP contribution in [0.2, 0.25) is 10.0 Å². The minimum absolute atomic E-state index is 0.245. The molecule has 2 fully saturated rings. The van der Waals surface area contributed by atoms with Crippen LogP contribution in [0, 0.1) is 0 Å². The van der Waals surface area contributed by atoms with Crippen LogP contribution in [0.15, 0.2) is 42.5 Å². The summed E-state index contributed by atoms with van der Waals surface area (Å²) in [4.78, 5) is 29.7. The molecule has 2 aromatic carbocycles. The second-order valence-electron chi connectivity index (χ2n) is 11.4. The number of imide groups is 1. The van der Waals surface area contributed by atoms with Crippen LogP contribution in [-0.2, 0) is 22.7 Å². The molecule has 11 heteroatoms. The zero-order chi connectivity index (χ0) is 28.9. The zero-order valence-electron chi connectivity index (χ0n) is 22.5. The average molecular weight is 622 g/mol. The van der Waals surface area contributed by atoms with Gasteiger partial charge in [0.2, 0.25) is 11.8 Å². The van der Waals surface area contributed by atoms with Gasteiger partial charge in [-0.3, -0.25) is 29.6 Å². The minimum atomic E-state index is -2.84. The number of rotatable bonds is 5. The Bertz CT molecular complexity index is 1410. The Morgan fingerprint density at radius 3 is 2.63 bits per heavy atom. The molecule has 6 rings (SSSR count). The first kappa shape index (κ1) is 29.1. The lowest BCUT2D eigenvalue weighted by atomic mass is 9.94. The van der Waals surface area contributed by atoms with E-state index in [-0.39, 0.29) is 23.7 Å². The van der Waals surface area contributed by atoms with Gasteiger partial charge in [-0.2, -0.15) is 12.6 Å². The van der Waals surface area contributed by atoms with Gasteiger partial charge in [-0.1, -0.05) is 59.6 Å². The molecule has 1 N–H and O–H groups in total. The standard InChI is InChI=1S/C30H32Cl2F2N4O2S/c31-23-3-1-2-21(27(23)32)19-8-12-37(13-9-19)25-10-11-36(17-30(25,33)34)15-18-4-5-20-16-38(29(41)22(20)14-18)24-6-7-26(39)35-28(24)40/h1-5,8,14,24-25,29,41H,6-7,9-13,15-17H2,(H,35,39,40). The lowest BCUT2D eigenvalue weighted by Gasteiger charge is -2.44. The number of amides is 2. The number of nitrogens with one attached hydrogen (secondary N) is 1. The number of piperidine rings is 2. The Labute approximate surface area is 254 Å². The van der Waals surface area contributed by atoms with Gasteiger partial charge in [0.15, 0.2) is 0 Å². The van der Waals surface area contributed by atoms with Gasteiger partial charge in [0.25, 0.3) is 5.92 Å². The predicted octanol–water partition coefficient (Wildman–Crippen LogP) is 5.54. The van der Waals surface area contributed by atoms with Crippen molar-refractivity contribution in [2.24, 2.45) is 0 Å². The summed E-state index contributed by atoms with van der Waals surface area (Å²) in [5.41, 5.74) is 4.93. The molecule has 2 amide bonds. The third kappa shape index (κ3) is 5.82. The van der Waals surface area contributed by atoms with E-state index in [2.05, 4.69) is 5.32 Å². The van der Waals surface area contributed by atoms with Crippen LogP contribution in [0.3, 0.4) is 0 Å². The van der Waals surface area contributed by atoms with Crippen molar-refractivity contribution in [2.75, 3.05) is 26.2 Å². The molecule has 6 nitrogen and oxygen atoms in total. The van der Waals surface area contributed by atoms with E-state index in [1.807, 2.05) is 51.1 Å². The first-order valence-electron chi connectivity index (χ1n) is 14.0. The average Bonchev–Trinajstić information content (AvgIpc) is 3.25. The van der Waals surface area contributed by atoms with Crippen molar-refractivity contribution in [3.05, 3.63) is 74.8 Å². The van der Waals surface area contributed by atoms with Gasteiger partial charge in [0, 0.05) is 39.1 Å². The number of nitrogens with zero attached hydrogens (tertiary/aromatic N) is 3. The molecule has 3 atom stereocenters. The van der Waals surface area contributed by atoms with Crippen molar-refractivity contribution < 1.29 is 18.4 Å². The number of alkyl halides is 2. The molecular formula is C30H32Cl2F2N4O2S. The molecule has 0 aromatic heterocycles. The van der Waals surface area contributed by atoms with Crippen molar-refractivity contribution in [1.29, 1.82) is 0 Å². The number of hydrogen-bond donors (Lipinski definition) is 2. The summed E-state index contributed by atoms with van der Waals surface area (Å²) in [5.74, 6) is -3.37. The Morgan fingerprint density at radius 1 is 1.07 bits per heavy atom. The number of thiol groups is 1. The maximum atomic E-state index is 15.5. The highest BCUT2D eigenvalue weighted by atomic mass is 35.5. The van der Waals surface area contributed by atoms with Gasteiger partial charge in [-0.15, -0.1) is 0 Å². The van der Waals surface area contributed by atoms with Crippen LogP contribution in [0.1, 0.15) is 53.3 Å². The smallest absolute Gasteiger partial charge is 0.275 e. The SMILES string of the molecule is O=C1CCC(N2Cc3ccc(CN4CCC(N5CC=C(c6cccc(Cl)c6Cl)CC5)C(F)(F)C4)cc3C2S)C(=O)N1. The van der Waals surface area contributed by atoms with Gasteiger partial charge in [-0.05, 0) is 53.2 Å². The van der Waals surface area contributed by atoms with E-state index < -0.39 is 18.0 Å². The van der Waals surface area contributed by atoms with E-state index in [0.717, 1.165) is 27.8 Å². The first-order chi connectivity index (χ1) is 19.6. The topological polar surface area (TPSA) is 55.9 Å². The number of likely N-dealkylation sites (tertiary alicyclic amines) is 1. The van der Waals surface area contributed by atoms with Crippen LogP contribution >= 0.6 is 35.8 Å². The van der Waals surface area contributed by atoms with Crippen LogP contribution in [0.5, 0.6) is 0 Å². The number of fused-ring (bicyclic) bond motifs is 1. The molecule has 41 heavy (non-hydrogen) atoms. The normalized spacial score (nSPS) is 27.4. The van der Waals surface area contributed by atoms with Gasteiger partial charge >= 0.3 is 0 Å². The van der Waals surface area contributed by atoms with Crippen LogP contribution in [0.4, 0.5) is 8.78 Å². The highest BCUT2D eigenvalue weighted by molar-refractivity contribution is 7.80. The summed E-state index contributed by atoms with van der Waals surface area (Å²) < 4.78 is 31.0. The number of carbonyl (C=O) groups excluding carboxylic acids is 2. The summed E-state index contributed by atoms with van der Waals surface area (Å²) in [6.07, 6.45) is 3.81. The molecule has 0 spiro atoms. The summed E-state index contributed by atoms with van der Waals surface area (Å²) in [6, 6.07) is 10.3. The van der Waals surface area contributed by atoms with Crippen molar-refractivity contribution in [2.45, 2.75) is 62.2 Å². The number of carbonyl (C=O) groups is 2. The monoisotopic (exact) mass is 620 g/mol. The van der Waals surface area contributed by atoms with Crippen LogP contribution < -0.4 is 5.32 Å². The third-order valence-corrected chi connectivity index (χ3v) is 10.2.